The molecule has 1 aliphatic rings. The third-order valence-electron chi connectivity index (χ3n) is 5.53. The number of benzene rings is 2. The van der Waals surface area contributed by atoms with E-state index < -0.39 is 0 Å². The van der Waals surface area contributed by atoms with Gasteiger partial charge < -0.3 is 9.73 Å². The minimum atomic E-state index is -0.328. The van der Waals surface area contributed by atoms with E-state index in [9.17, 15) is 4.79 Å². The monoisotopic (exact) mass is 387 g/mol. The summed E-state index contributed by atoms with van der Waals surface area (Å²) in [5.74, 6) is 0.802. The highest BCUT2D eigenvalue weighted by Crippen LogP contribution is 2.36. The summed E-state index contributed by atoms with van der Waals surface area (Å²) in [7, 11) is 0. The maximum Gasteiger partial charge on any atom is 0.336 e. The first-order valence-corrected chi connectivity index (χ1v) is 9.75. The smallest absolute Gasteiger partial charge is 0.336 e. The number of aromatic nitrogens is 4. The average molecular weight is 387 g/mol. The normalized spacial score (nSPS) is 13.7. The Labute approximate surface area is 167 Å². The van der Waals surface area contributed by atoms with Gasteiger partial charge in [-0.15, -0.1) is 5.10 Å². The SMILES string of the molecule is Cc1ccc2c(CNc3ccc(-c4nnnn4C4CC4)cc3)cc(=O)oc2c1C. The summed E-state index contributed by atoms with van der Waals surface area (Å²) in [5.41, 5.74) is 5.31. The predicted octanol–water partition coefficient (Wildman–Crippen LogP) is 4.01. The molecule has 0 radical (unpaired) electrons. The highest BCUT2D eigenvalue weighted by atomic mass is 16.4. The van der Waals surface area contributed by atoms with Gasteiger partial charge >= 0.3 is 5.63 Å². The van der Waals surface area contributed by atoms with E-state index in [0.29, 0.717) is 18.2 Å². The zero-order valence-corrected chi connectivity index (χ0v) is 16.3. The fourth-order valence-electron chi connectivity index (χ4n) is 3.55. The van der Waals surface area contributed by atoms with E-state index in [-0.39, 0.29) is 5.63 Å². The van der Waals surface area contributed by atoms with Gasteiger partial charge in [0.15, 0.2) is 5.82 Å². The van der Waals surface area contributed by atoms with Crippen molar-refractivity contribution in [3.63, 3.8) is 0 Å². The molecule has 1 saturated carbocycles. The second-order valence-electron chi connectivity index (χ2n) is 7.58. The Morgan fingerprint density at radius 2 is 1.93 bits per heavy atom. The molecule has 0 atom stereocenters. The van der Waals surface area contributed by atoms with Crippen molar-refractivity contribution in [2.45, 2.75) is 39.3 Å². The maximum absolute atomic E-state index is 12.0. The number of tetrazole rings is 1. The summed E-state index contributed by atoms with van der Waals surface area (Å²) in [6, 6.07) is 14.1. The van der Waals surface area contributed by atoms with Crippen molar-refractivity contribution in [1.82, 2.24) is 20.2 Å². The number of rotatable bonds is 5. The lowest BCUT2D eigenvalue weighted by atomic mass is 10.0. The first-order valence-electron chi connectivity index (χ1n) is 9.75. The van der Waals surface area contributed by atoms with Crippen LogP contribution in [-0.4, -0.2) is 20.2 Å². The summed E-state index contributed by atoms with van der Waals surface area (Å²) in [5, 5.41) is 16.4. The molecule has 0 bridgehead atoms. The predicted molar refractivity (Wildman–Crippen MR) is 111 cm³/mol. The molecule has 1 fully saturated rings. The third kappa shape index (κ3) is 3.29. The van der Waals surface area contributed by atoms with E-state index in [1.807, 2.05) is 48.9 Å². The zero-order valence-electron chi connectivity index (χ0n) is 16.3. The van der Waals surface area contributed by atoms with Crippen LogP contribution >= 0.6 is 0 Å². The van der Waals surface area contributed by atoms with Crippen molar-refractivity contribution >= 4 is 16.7 Å². The number of fused-ring (bicyclic) bond motifs is 1. The highest BCUT2D eigenvalue weighted by Gasteiger charge is 2.28. The molecule has 0 unspecified atom stereocenters. The fraction of sp³-hybridized carbons (Fsp3) is 0.273. The minimum absolute atomic E-state index is 0.328. The van der Waals surface area contributed by atoms with E-state index in [4.69, 9.17) is 4.42 Å². The van der Waals surface area contributed by atoms with Gasteiger partial charge in [-0.3, -0.25) is 0 Å². The summed E-state index contributed by atoms with van der Waals surface area (Å²) in [4.78, 5) is 12.0. The van der Waals surface area contributed by atoms with Crippen molar-refractivity contribution in [1.29, 1.82) is 0 Å². The fourth-order valence-corrected chi connectivity index (χ4v) is 3.55. The first kappa shape index (κ1) is 17.6. The van der Waals surface area contributed by atoms with E-state index in [1.54, 1.807) is 6.07 Å². The summed E-state index contributed by atoms with van der Waals surface area (Å²) >= 11 is 0. The van der Waals surface area contributed by atoms with E-state index >= 15 is 0 Å². The minimum Gasteiger partial charge on any atom is -0.422 e. The zero-order chi connectivity index (χ0) is 20.0. The van der Waals surface area contributed by atoms with Gasteiger partial charge in [-0.25, -0.2) is 9.48 Å². The largest absolute Gasteiger partial charge is 0.422 e. The Balaban J connectivity index is 1.38. The molecule has 0 amide bonds. The van der Waals surface area contributed by atoms with Crippen molar-refractivity contribution in [3.05, 3.63) is 69.6 Å². The average Bonchev–Trinajstić information content (AvgIpc) is 3.46. The molecule has 2 aromatic carbocycles. The molecule has 146 valence electrons. The lowest BCUT2D eigenvalue weighted by Crippen LogP contribution is -2.06. The van der Waals surface area contributed by atoms with Crippen LogP contribution in [0.1, 0.15) is 35.6 Å². The van der Waals surface area contributed by atoms with Crippen LogP contribution < -0.4 is 10.9 Å². The second-order valence-corrected chi connectivity index (χ2v) is 7.58. The molecule has 29 heavy (non-hydrogen) atoms. The first-order chi connectivity index (χ1) is 14.1. The van der Waals surface area contributed by atoms with E-state index in [0.717, 1.165) is 52.0 Å². The number of hydrogen-bond donors (Lipinski definition) is 1. The van der Waals surface area contributed by atoms with E-state index in [1.165, 1.54) is 0 Å². The number of nitrogens with zero attached hydrogens (tertiary/aromatic N) is 4. The summed E-state index contributed by atoms with van der Waals surface area (Å²) in [6.07, 6.45) is 2.27. The van der Waals surface area contributed by atoms with Crippen molar-refractivity contribution in [2.75, 3.05) is 5.32 Å². The molecular formula is C22H21N5O2. The Hall–Kier alpha value is -3.48. The molecule has 0 spiro atoms. The summed E-state index contributed by atoms with van der Waals surface area (Å²) < 4.78 is 7.36. The Bertz CT molecular complexity index is 1250. The molecule has 7 nitrogen and oxygen atoms in total. The molecular weight excluding hydrogens is 366 g/mol. The van der Waals surface area contributed by atoms with Gasteiger partial charge in [0.1, 0.15) is 5.58 Å². The lowest BCUT2D eigenvalue weighted by molar-refractivity contribution is 0.556. The quantitative estimate of drug-likeness (QED) is 0.521. The number of hydrogen-bond acceptors (Lipinski definition) is 6. The maximum atomic E-state index is 12.0. The lowest BCUT2D eigenvalue weighted by Gasteiger charge is -2.11. The third-order valence-corrected chi connectivity index (χ3v) is 5.53. The molecule has 2 aromatic heterocycles. The molecule has 5 rings (SSSR count). The Morgan fingerprint density at radius 3 is 2.69 bits per heavy atom. The number of nitrogens with one attached hydrogen (secondary N) is 1. The van der Waals surface area contributed by atoms with Crippen molar-refractivity contribution < 1.29 is 4.42 Å². The molecule has 7 heteroatoms. The van der Waals surface area contributed by atoms with Crippen molar-refractivity contribution in [3.8, 4) is 11.4 Å². The van der Waals surface area contributed by atoms with Crippen LogP contribution in [0.15, 0.2) is 51.7 Å². The van der Waals surface area contributed by atoms with Crippen LogP contribution in [0.25, 0.3) is 22.4 Å². The van der Waals surface area contributed by atoms with Gasteiger partial charge in [-0.2, -0.15) is 0 Å². The van der Waals surface area contributed by atoms with Crippen LogP contribution in [0.3, 0.4) is 0 Å². The van der Waals surface area contributed by atoms with Gasteiger partial charge in [-0.1, -0.05) is 12.1 Å². The Kier molecular flexibility index (Phi) is 4.16. The van der Waals surface area contributed by atoms with Gasteiger partial charge in [-0.05, 0) is 78.1 Å². The van der Waals surface area contributed by atoms with Gasteiger partial charge in [0.25, 0.3) is 0 Å². The topological polar surface area (TPSA) is 85.8 Å². The van der Waals surface area contributed by atoms with Crippen molar-refractivity contribution in [2.24, 2.45) is 0 Å². The summed E-state index contributed by atoms with van der Waals surface area (Å²) in [6.45, 7) is 4.52. The van der Waals surface area contributed by atoms with Crippen LogP contribution in [0.4, 0.5) is 5.69 Å². The van der Waals surface area contributed by atoms with E-state index in [2.05, 4.69) is 26.9 Å². The van der Waals surface area contributed by atoms with Crippen LogP contribution in [0.2, 0.25) is 0 Å². The van der Waals surface area contributed by atoms with Gasteiger partial charge in [0.05, 0.1) is 6.04 Å². The van der Waals surface area contributed by atoms with Gasteiger partial charge in [0, 0.05) is 29.2 Å². The highest BCUT2D eigenvalue weighted by molar-refractivity contribution is 5.84. The number of anilines is 1. The van der Waals surface area contributed by atoms with Gasteiger partial charge in [0.2, 0.25) is 0 Å². The second kappa shape index (κ2) is 6.84. The number of aryl methyl sites for hydroxylation is 2. The standard InChI is InChI=1S/C22H21N5O2/c1-13-3-10-19-16(11-20(28)29-21(19)14(13)2)12-23-17-6-4-15(5-7-17)22-24-25-26-27(22)18-8-9-18/h3-7,10-11,18,23H,8-9,12H2,1-2H3. The molecule has 4 aromatic rings. The molecule has 1 N–H and O–H groups in total. The Morgan fingerprint density at radius 1 is 1.14 bits per heavy atom. The van der Waals surface area contributed by atoms with Crippen LogP contribution in [0, 0.1) is 13.8 Å². The van der Waals surface area contributed by atoms with Crippen LogP contribution in [-0.2, 0) is 6.54 Å². The molecule has 0 saturated heterocycles. The molecule has 0 aliphatic heterocycles. The molecule has 1 aliphatic carbocycles. The molecule has 2 heterocycles. The van der Waals surface area contributed by atoms with Crippen LogP contribution in [0.5, 0.6) is 0 Å².